The third-order valence-corrected chi connectivity index (χ3v) is 6.42. The molecule has 1 saturated heterocycles. The molecule has 40 heavy (non-hydrogen) atoms. The number of amides is 1. The van der Waals surface area contributed by atoms with Crippen LogP contribution in [0.2, 0.25) is 0 Å². The zero-order chi connectivity index (χ0) is 28.3. The number of carbonyl (C=O) groups is 2. The van der Waals surface area contributed by atoms with Crippen molar-refractivity contribution in [3.63, 3.8) is 0 Å². The summed E-state index contributed by atoms with van der Waals surface area (Å²) in [5, 5.41) is 14.8. The van der Waals surface area contributed by atoms with E-state index in [0.29, 0.717) is 36.8 Å². The first-order valence-corrected chi connectivity index (χ1v) is 13.4. The van der Waals surface area contributed by atoms with Gasteiger partial charge in [0, 0.05) is 30.8 Å². The Balaban J connectivity index is 1.29. The van der Waals surface area contributed by atoms with E-state index in [-0.39, 0.29) is 25.0 Å². The van der Waals surface area contributed by atoms with E-state index in [2.05, 4.69) is 32.1 Å². The Morgan fingerprint density at radius 2 is 1.90 bits per heavy atom. The number of rotatable bonds is 13. The molecule has 0 bridgehead atoms. The van der Waals surface area contributed by atoms with Crippen LogP contribution in [0.4, 0.5) is 17.3 Å². The number of carboxylic acid groups (broad SMARTS) is 1. The first kappa shape index (κ1) is 28.4. The average Bonchev–Trinajstić information content (AvgIpc) is 2.97. The molecular formula is C30H35N5O5. The van der Waals surface area contributed by atoms with Crippen molar-refractivity contribution < 1.29 is 24.2 Å². The summed E-state index contributed by atoms with van der Waals surface area (Å²) in [7, 11) is 0. The monoisotopic (exact) mass is 545 g/mol. The first-order chi connectivity index (χ1) is 19.4. The molecule has 0 spiro atoms. The molecule has 1 aliphatic heterocycles. The molecule has 3 N–H and O–H groups in total. The van der Waals surface area contributed by atoms with Gasteiger partial charge in [0.25, 0.3) is 5.91 Å². The number of benzene rings is 2. The number of carboxylic acids is 1. The molecule has 1 fully saturated rings. The van der Waals surface area contributed by atoms with Crippen molar-refractivity contribution in [2.24, 2.45) is 0 Å². The molecule has 0 unspecified atom stereocenters. The molecule has 0 radical (unpaired) electrons. The number of anilines is 3. The van der Waals surface area contributed by atoms with E-state index in [1.54, 1.807) is 6.20 Å². The number of aromatic nitrogens is 2. The van der Waals surface area contributed by atoms with Crippen LogP contribution < -0.4 is 25.0 Å². The highest BCUT2D eigenvalue weighted by atomic mass is 16.5. The molecule has 4 rings (SSSR count). The maximum Gasteiger partial charge on any atom is 0.303 e. The van der Waals surface area contributed by atoms with Crippen molar-refractivity contribution in [3.8, 4) is 11.5 Å². The number of ether oxygens (including phenoxy) is 2. The smallest absolute Gasteiger partial charge is 0.303 e. The van der Waals surface area contributed by atoms with Crippen molar-refractivity contribution in [2.75, 3.05) is 41.8 Å². The molecule has 10 nitrogen and oxygen atoms in total. The molecule has 1 aliphatic rings. The predicted molar refractivity (Wildman–Crippen MR) is 154 cm³/mol. The number of hydrogen-bond donors (Lipinski definition) is 3. The highest BCUT2D eigenvalue weighted by molar-refractivity contribution is 6.03. The van der Waals surface area contributed by atoms with Crippen molar-refractivity contribution in [2.45, 2.75) is 38.7 Å². The summed E-state index contributed by atoms with van der Waals surface area (Å²) >= 11 is 0. The fraction of sp³-hybridized carbons (Fsp3) is 0.333. The molecule has 1 amide bonds. The van der Waals surface area contributed by atoms with E-state index in [4.69, 9.17) is 14.6 Å². The molecule has 0 saturated carbocycles. The van der Waals surface area contributed by atoms with Crippen LogP contribution in [0.5, 0.6) is 11.5 Å². The minimum absolute atomic E-state index is 0.0347. The van der Waals surface area contributed by atoms with E-state index in [1.165, 1.54) is 6.20 Å². The summed E-state index contributed by atoms with van der Waals surface area (Å²) in [6.07, 6.45) is 5.56. The number of nitrogens with zero attached hydrogens (tertiary/aromatic N) is 3. The Hall–Kier alpha value is -4.60. The third-order valence-electron chi connectivity index (χ3n) is 6.42. The summed E-state index contributed by atoms with van der Waals surface area (Å²) in [6, 6.07) is 15.1. The van der Waals surface area contributed by atoms with Crippen LogP contribution >= 0.6 is 0 Å². The maximum absolute atomic E-state index is 12.7. The quantitative estimate of drug-likeness (QED) is 0.265. The number of hydrogen-bond acceptors (Lipinski definition) is 8. The molecule has 2 aromatic carbocycles. The van der Waals surface area contributed by atoms with Gasteiger partial charge >= 0.3 is 5.97 Å². The second-order valence-electron chi connectivity index (χ2n) is 9.47. The lowest BCUT2D eigenvalue weighted by atomic mass is 10.1. The van der Waals surface area contributed by atoms with Gasteiger partial charge in [-0.25, -0.2) is 4.98 Å². The fourth-order valence-corrected chi connectivity index (χ4v) is 4.35. The molecule has 3 aromatic rings. The Morgan fingerprint density at radius 1 is 1.12 bits per heavy atom. The topological polar surface area (TPSA) is 126 Å². The lowest BCUT2D eigenvalue weighted by Gasteiger charge is -2.33. The zero-order valence-electron chi connectivity index (χ0n) is 22.6. The van der Waals surface area contributed by atoms with E-state index >= 15 is 0 Å². The van der Waals surface area contributed by atoms with Gasteiger partial charge < -0.3 is 30.1 Å². The SMILES string of the molecule is C=C(CNc1ccc(CCC(=O)O)cc1)C(=O)Nc1cncc(N2CCC[C@@H](Oc3ccccc3OCC)C2)n1. The van der Waals surface area contributed by atoms with Gasteiger partial charge in [-0.15, -0.1) is 0 Å². The van der Waals surface area contributed by atoms with Gasteiger partial charge in [-0.05, 0) is 56.0 Å². The van der Waals surface area contributed by atoms with Crippen LogP contribution in [0.25, 0.3) is 0 Å². The highest BCUT2D eigenvalue weighted by Crippen LogP contribution is 2.30. The Morgan fingerprint density at radius 3 is 2.65 bits per heavy atom. The lowest BCUT2D eigenvalue weighted by molar-refractivity contribution is -0.137. The van der Waals surface area contributed by atoms with Gasteiger partial charge in [0.2, 0.25) is 0 Å². The van der Waals surface area contributed by atoms with Gasteiger partial charge in [-0.3, -0.25) is 14.6 Å². The second kappa shape index (κ2) is 14.0. The normalized spacial score (nSPS) is 14.7. The molecule has 2 heterocycles. The van der Waals surface area contributed by atoms with Gasteiger partial charge in [-0.2, -0.15) is 0 Å². The second-order valence-corrected chi connectivity index (χ2v) is 9.47. The van der Waals surface area contributed by atoms with Gasteiger partial charge in [0.1, 0.15) is 11.9 Å². The number of para-hydroxylation sites is 2. The van der Waals surface area contributed by atoms with Gasteiger partial charge in [0.05, 0.1) is 25.5 Å². The van der Waals surface area contributed by atoms with Gasteiger partial charge in [0.15, 0.2) is 17.3 Å². The van der Waals surface area contributed by atoms with Gasteiger partial charge in [-0.1, -0.05) is 30.8 Å². The number of aryl methyl sites for hydroxylation is 1. The Bertz CT molecular complexity index is 1310. The fourth-order valence-electron chi connectivity index (χ4n) is 4.35. The summed E-state index contributed by atoms with van der Waals surface area (Å²) < 4.78 is 12.0. The Labute approximate surface area is 234 Å². The first-order valence-electron chi connectivity index (χ1n) is 13.4. The number of nitrogens with one attached hydrogen (secondary N) is 2. The van der Waals surface area contributed by atoms with Crippen molar-refractivity contribution >= 4 is 29.2 Å². The number of carbonyl (C=O) groups excluding carboxylic acids is 1. The standard InChI is InChI=1S/C30H35N5O5/c1-3-39-25-8-4-5-9-26(25)40-24-7-6-16-35(20-24)28-19-31-18-27(33-28)34-30(38)21(2)17-32-23-13-10-22(11-14-23)12-15-29(36)37/h4-5,8-11,13-14,18-19,24,32H,2-3,6-7,12,15-17,20H2,1H3,(H,36,37)(H,33,34,38)/t24-/m1/s1. The van der Waals surface area contributed by atoms with Crippen molar-refractivity contribution in [3.05, 3.63) is 78.6 Å². The van der Waals surface area contributed by atoms with E-state index < -0.39 is 5.97 Å². The number of aliphatic carboxylic acids is 1. The van der Waals surface area contributed by atoms with E-state index in [9.17, 15) is 9.59 Å². The summed E-state index contributed by atoms with van der Waals surface area (Å²) in [4.78, 5) is 34.5. The largest absolute Gasteiger partial charge is 0.490 e. The number of piperidine rings is 1. The molecule has 1 atom stereocenters. The van der Waals surface area contributed by atoms with Crippen molar-refractivity contribution in [1.82, 2.24) is 9.97 Å². The summed E-state index contributed by atoms with van der Waals surface area (Å²) in [6.45, 7) is 8.09. The lowest BCUT2D eigenvalue weighted by Crippen LogP contribution is -2.41. The molecule has 10 heteroatoms. The van der Waals surface area contributed by atoms with Crippen LogP contribution in [-0.2, 0) is 16.0 Å². The minimum atomic E-state index is -0.826. The van der Waals surface area contributed by atoms with Crippen LogP contribution in [0.15, 0.2) is 73.1 Å². The maximum atomic E-state index is 12.7. The summed E-state index contributed by atoms with van der Waals surface area (Å²) in [5.41, 5.74) is 2.08. The highest BCUT2D eigenvalue weighted by Gasteiger charge is 2.24. The molecule has 210 valence electrons. The molecular weight excluding hydrogens is 510 g/mol. The molecule has 1 aromatic heterocycles. The molecule has 0 aliphatic carbocycles. The predicted octanol–water partition coefficient (Wildman–Crippen LogP) is 4.55. The average molecular weight is 546 g/mol. The van der Waals surface area contributed by atoms with Crippen LogP contribution in [0.3, 0.4) is 0 Å². The van der Waals surface area contributed by atoms with Crippen molar-refractivity contribution in [1.29, 1.82) is 0 Å². The third kappa shape index (κ3) is 8.20. The summed E-state index contributed by atoms with van der Waals surface area (Å²) in [5.74, 6) is 1.28. The zero-order valence-corrected chi connectivity index (χ0v) is 22.6. The minimum Gasteiger partial charge on any atom is -0.490 e. The van der Waals surface area contributed by atoms with E-state index in [0.717, 1.165) is 42.1 Å². The van der Waals surface area contributed by atoms with Crippen LogP contribution in [-0.4, -0.2) is 59.3 Å². The van der Waals surface area contributed by atoms with E-state index in [1.807, 2.05) is 55.5 Å². The van der Waals surface area contributed by atoms with Crippen LogP contribution in [0.1, 0.15) is 31.7 Å². The van der Waals surface area contributed by atoms with Crippen LogP contribution in [0, 0.1) is 0 Å². The Kier molecular flexibility index (Phi) is 9.93.